The van der Waals surface area contributed by atoms with Crippen molar-refractivity contribution in [3.05, 3.63) is 90.3 Å². The molecule has 0 radical (unpaired) electrons. The molecule has 8 heteroatoms. The summed E-state index contributed by atoms with van der Waals surface area (Å²) in [5.74, 6) is 0. The van der Waals surface area contributed by atoms with Crippen LogP contribution in [-0.2, 0) is 23.1 Å². The van der Waals surface area contributed by atoms with E-state index in [1.165, 1.54) is 0 Å². The van der Waals surface area contributed by atoms with Crippen molar-refractivity contribution >= 4 is 33.0 Å². The Morgan fingerprint density at radius 1 is 0.893 bits per heavy atom. The Hall–Kier alpha value is -2.81. The predicted octanol–water partition coefficient (Wildman–Crippen LogP) is 3.05. The number of thiocarbonyl (C=S) groups is 1. The van der Waals surface area contributed by atoms with E-state index < -0.39 is 10.0 Å². The lowest BCUT2D eigenvalue weighted by Gasteiger charge is -2.11. The molecule has 0 spiro atoms. The lowest BCUT2D eigenvalue weighted by Crippen LogP contribution is -2.28. The average molecular weight is 413 g/mol. The number of hydrogen-bond donors (Lipinski definition) is 3. The van der Waals surface area contributed by atoms with Crippen LogP contribution in [0.15, 0.2) is 84.0 Å². The van der Waals surface area contributed by atoms with Crippen molar-refractivity contribution in [2.24, 2.45) is 0 Å². The van der Waals surface area contributed by atoms with E-state index in [9.17, 15) is 8.42 Å². The van der Waals surface area contributed by atoms with E-state index in [1.807, 2.05) is 42.5 Å². The minimum atomic E-state index is -3.58. The Morgan fingerprint density at radius 2 is 1.61 bits per heavy atom. The van der Waals surface area contributed by atoms with Crippen molar-refractivity contribution in [3.63, 3.8) is 0 Å². The molecular weight excluding hydrogens is 392 g/mol. The summed E-state index contributed by atoms with van der Waals surface area (Å²) < 4.78 is 27.4. The zero-order valence-corrected chi connectivity index (χ0v) is 16.6. The molecule has 1 aromatic heterocycles. The molecule has 6 nitrogen and oxygen atoms in total. The van der Waals surface area contributed by atoms with Gasteiger partial charge in [-0.1, -0.05) is 36.4 Å². The summed E-state index contributed by atoms with van der Waals surface area (Å²) >= 11 is 5.26. The first-order valence-corrected chi connectivity index (χ1v) is 10.5. The Balaban J connectivity index is 1.54. The average Bonchev–Trinajstić information content (AvgIpc) is 2.73. The summed E-state index contributed by atoms with van der Waals surface area (Å²) in [5, 5.41) is 6.56. The van der Waals surface area contributed by atoms with Gasteiger partial charge in [0.2, 0.25) is 10.0 Å². The van der Waals surface area contributed by atoms with Crippen molar-refractivity contribution in [2.75, 3.05) is 5.32 Å². The number of nitrogens with one attached hydrogen (secondary N) is 3. The second kappa shape index (κ2) is 9.41. The summed E-state index contributed by atoms with van der Waals surface area (Å²) in [7, 11) is -3.58. The lowest BCUT2D eigenvalue weighted by molar-refractivity contribution is 0.581. The van der Waals surface area contributed by atoms with Crippen LogP contribution >= 0.6 is 12.2 Å². The fourth-order valence-corrected chi connectivity index (χ4v) is 3.64. The standard InChI is InChI=1S/C20H20N4O2S2/c25-28(26,23-15-16-5-2-1-3-6-16)19-10-8-18(9-11-19)24-20(27)22-14-17-7-4-12-21-13-17/h1-13,23H,14-15H2,(H2,22,24,27). The van der Waals surface area contributed by atoms with Crippen LogP contribution in [0.2, 0.25) is 0 Å². The summed E-state index contributed by atoms with van der Waals surface area (Å²) in [6, 6.07) is 19.6. The maximum Gasteiger partial charge on any atom is 0.240 e. The first kappa shape index (κ1) is 19.9. The monoisotopic (exact) mass is 412 g/mol. The molecule has 0 unspecified atom stereocenters. The molecule has 2 aromatic carbocycles. The van der Waals surface area contributed by atoms with Gasteiger partial charge in [0.1, 0.15) is 0 Å². The van der Waals surface area contributed by atoms with Crippen molar-refractivity contribution in [1.29, 1.82) is 0 Å². The number of anilines is 1. The van der Waals surface area contributed by atoms with Gasteiger partial charge in [-0.25, -0.2) is 13.1 Å². The van der Waals surface area contributed by atoms with Crippen LogP contribution in [-0.4, -0.2) is 18.5 Å². The highest BCUT2D eigenvalue weighted by atomic mass is 32.2. The van der Waals surface area contributed by atoms with Gasteiger partial charge >= 0.3 is 0 Å². The van der Waals surface area contributed by atoms with Crippen molar-refractivity contribution in [3.8, 4) is 0 Å². The van der Waals surface area contributed by atoms with Gasteiger partial charge in [0.25, 0.3) is 0 Å². The smallest absolute Gasteiger partial charge is 0.240 e. The van der Waals surface area contributed by atoms with E-state index in [4.69, 9.17) is 12.2 Å². The van der Waals surface area contributed by atoms with Gasteiger partial charge in [-0.15, -0.1) is 0 Å². The Morgan fingerprint density at radius 3 is 2.29 bits per heavy atom. The van der Waals surface area contributed by atoms with Crippen molar-refractivity contribution in [2.45, 2.75) is 18.0 Å². The molecule has 28 heavy (non-hydrogen) atoms. The van der Waals surface area contributed by atoms with E-state index in [-0.39, 0.29) is 11.4 Å². The molecule has 0 aliphatic heterocycles. The third kappa shape index (κ3) is 5.85. The lowest BCUT2D eigenvalue weighted by atomic mass is 10.2. The fraction of sp³-hybridized carbons (Fsp3) is 0.100. The van der Waals surface area contributed by atoms with Gasteiger partial charge in [0.05, 0.1) is 4.90 Å². The highest BCUT2D eigenvalue weighted by Crippen LogP contribution is 2.14. The molecule has 0 bridgehead atoms. The largest absolute Gasteiger partial charge is 0.358 e. The number of aromatic nitrogens is 1. The van der Waals surface area contributed by atoms with Gasteiger partial charge < -0.3 is 10.6 Å². The number of nitrogens with zero attached hydrogens (tertiary/aromatic N) is 1. The van der Waals surface area contributed by atoms with Crippen LogP contribution < -0.4 is 15.4 Å². The molecule has 3 rings (SSSR count). The normalized spacial score (nSPS) is 11.0. The van der Waals surface area contributed by atoms with Crippen LogP contribution in [0.5, 0.6) is 0 Å². The second-order valence-corrected chi connectivity index (χ2v) is 8.18. The molecule has 144 valence electrons. The minimum Gasteiger partial charge on any atom is -0.358 e. The molecule has 0 aliphatic carbocycles. The maximum atomic E-state index is 12.4. The van der Waals surface area contributed by atoms with Crippen LogP contribution in [0, 0.1) is 0 Å². The van der Waals surface area contributed by atoms with Crippen molar-refractivity contribution in [1.82, 2.24) is 15.0 Å². The van der Waals surface area contributed by atoms with E-state index >= 15 is 0 Å². The first-order valence-electron chi connectivity index (χ1n) is 8.60. The Bertz CT molecular complexity index is 1010. The van der Waals surface area contributed by atoms with Gasteiger partial charge in [-0.3, -0.25) is 4.98 Å². The summed E-state index contributed by atoms with van der Waals surface area (Å²) in [5.41, 5.74) is 2.61. The van der Waals surface area contributed by atoms with Gasteiger partial charge in [-0.05, 0) is 53.7 Å². The second-order valence-electron chi connectivity index (χ2n) is 6.00. The maximum absolute atomic E-state index is 12.4. The summed E-state index contributed by atoms with van der Waals surface area (Å²) in [6.45, 7) is 0.793. The third-order valence-corrected chi connectivity index (χ3v) is 5.57. The van der Waals surface area contributed by atoms with E-state index in [0.717, 1.165) is 11.1 Å². The van der Waals surface area contributed by atoms with Gasteiger partial charge in [0, 0.05) is 31.2 Å². The Kier molecular flexibility index (Phi) is 6.70. The topological polar surface area (TPSA) is 83.1 Å². The fourth-order valence-electron chi connectivity index (χ4n) is 2.44. The first-order chi connectivity index (χ1) is 13.5. The number of benzene rings is 2. The molecule has 1 heterocycles. The molecule has 0 aliphatic rings. The van der Waals surface area contributed by atoms with Crippen LogP contribution in [0.25, 0.3) is 0 Å². The van der Waals surface area contributed by atoms with E-state index in [1.54, 1.807) is 36.7 Å². The predicted molar refractivity (Wildman–Crippen MR) is 114 cm³/mol. The summed E-state index contributed by atoms with van der Waals surface area (Å²) in [6.07, 6.45) is 3.47. The number of hydrogen-bond acceptors (Lipinski definition) is 4. The zero-order chi connectivity index (χ0) is 19.8. The van der Waals surface area contributed by atoms with E-state index in [0.29, 0.717) is 17.3 Å². The molecule has 0 atom stereocenters. The highest BCUT2D eigenvalue weighted by molar-refractivity contribution is 7.89. The van der Waals surface area contributed by atoms with Crippen LogP contribution in [0.1, 0.15) is 11.1 Å². The Labute approximate surface area is 170 Å². The van der Waals surface area contributed by atoms with Crippen LogP contribution in [0.3, 0.4) is 0 Å². The molecular formula is C20H20N4O2S2. The SMILES string of the molecule is O=S(=O)(NCc1ccccc1)c1ccc(NC(=S)NCc2cccnc2)cc1. The molecule has 3 aromatic rings. The van der Waals surface area contributed by atoms with Crippen molar-refractivity contribution < 1.29 is 8.42 Å². The molecule has 0 saturated heterocycles. The highest BCUT2D eigenvalue weighted by Gasteiger charge is 2.13. The number of pyridine rings is 1. The number of sulfonamides is 1. The van der Waals surface area contributed by atoms with Gasteiger partial charge in [-0.2, -0.15) is 0 Å². The molecule has 0 saturated carbocycles. The molecule has 0 amide bonds. The minimum absolute atomic E-state index is 0.197. The van der Waals surface area contributed by atoms with Crippen LogP contribution in [0.4, 0.5) is 5.69 Å². The zero-order valence-electron chi connectivity index (χ0n) is 15.0. The third-order valence-electron chi connectivity index (χ3n) is 3.91. The molecule has 3 N–H and O–H groups in total. The number of rotatable bonds is 7. The van der Waals surface area contributed by atoms with E-state index in [2.05, 4.69) is 20.3 Å². The quantitative estimate of drug-likeness (QED) is 0.518. The summed E-state index contributed by atoms with van der Waals surface area (Å²) in [4.78, 5) is 4.24. The molecule has 0 fully saturated rings. The van der Waals surface area contributed by atoms with Gasteiger partial charge in [0.15, 0.2) is 5.11 Å².